The van der Waals surface area contributed by atoms with Crippen molar-refractivity contribution in [2.24, 2.45) is 12.8 Å². The van der Waals surface area contributed by atoms with Crippen LogP contribution in [0.4, 0.5) is 0 Å². The summed E-state index contributed by atoms with van der Waals surface area (Å²) in [6.45, 7) is 2.79. The first kappa shape index (κ1) is 21.4. The lowest BCUT2D eigenvalue weighted by atomic mass is 9.92. The normalized spacial score (nSPS) is 17.4. The predicted octanol–water partition coefficient (Wildman–Crippen LogP) is 1.13. The highest BCUT2D eigenvalue weighted by molar-refractivity contribution is 6.03. The van der Waals surface area contributed by atoms with Crippen LogP contribution in [0.5, 0.6) is 0 Å². The minimum absolute atomic E-state index is 0.0463. The molecular weight excluding hydrogens is 374 g/mol. The first-order valence-corrected chi connectivity index (χ1v) is 10.1. The number of rotatable bonds is 10. The Morgan fingerprint density at radius 1 is 1.07 bits per heavy atom. The molecule has 1 aliphatic carbocycles. The summed E-state index contributed by atoms with van der Waals surface area (Å²) in [6.07, 6.45) is 2.35. The number of aromatic nitrogens is 2. The molecule has 3 rings (SSSR count). The molecule has 1 fully saturated rings. The molecule has 1 unspecified atom stereocenters. The number of imidazole rings is 1. The Morgan fingerprint density at radius 2 is 1.83 bits per heavy atom. The first-order chi connectivity index (χ1) is 14.0. The molecule has 8 heteroatoms. The molecule has 8 nitrogen and oxygen atoms in total. The van der Waals surface area contributed by atoms with Gasteiger partial charge in [0.25, 0.3) is 0 Å². The van der Waals surface area contributed by atoms with Crippen LogP contribution in [0.3, 0.4) is 0 Å². The number of ether oxygens (including phenoxy) is 2. The summed E-state index contributed by atoms with van der Waals surface area (Å²) in [5, 5.41) is 0. The third-order valence-electron chi connectivity index (χ3n) is 5.29. The van der Waals surface area contributed by atoms with Gasteiger partial charge in [-0.1, -0.05) is 6.07 Å². The standard InChI is InChI=1S/C21H29N3O5/c1-23-19-13-15(3-2-9-28-11-12-29-10-8-22)4-6-17(19)24(21(23)27)18-7-5-16(25)14-20(18)26/h4,6,13,18H,2-3,5,7-12,14,22H2,1H3. The fraction of sp³-hybridized carbons (Fsp3) is 0.571. The molecule has 0 bridgehead atoms. The molecule has 0 amide bonds. The Balaban J connectivity index is 1.65. The molecule has 0 radical (unpaired) electrons. The summed E-state index contributed by atoms with van der Waals surface area (Å²) in [5.74, 6) is -0.220. The van der Waals surface area contributed by atoms with E-state index in [2.05, 4.69) is 0 Å². The minimum atomic E-state index is -0.551. The average Bonchev–Trinajstić information content (AvgIpc) is 2.95. The van der Waals surface area contributed by atoms with Gasteiger partial charge in [0.2, 0.25) is 0 Å². The zero-order chi connectivity index (χ0) is 20.8. The monoisotopic (exact) mass is 403 g/mol. The zero-order valence-electron chi connectivity index (χ0n) is 16.9. The third-order valence-corrected chi connectivity index (χ3v) is 5.29. The van der Waals surface area contributed by atoms with Crippen molar-refractivity contribution in [2.45, 2.75) is 38.1 Å². The zero-order valence-corrected chi connectivity index (χ0v) is 16.9. The summed E-state index contributed by atoms with van der Waals surface area (Å²) < 4.78 is 13.9. The van der Waals surface area contributed by atoms with Crippen molar-refractivity contribution < 1.29 is 19.1 Å². The van der Waals surface area contributed by atoms with Gasteiger partial charge in [-0.3, -0.25) is 18.7 Å². The van der Waals surface area contributed by atoms with E-state index in [0.29, 0.717) is 45.8 Å². The number of aryl methyl sites for hydroxylation is 2. The number of carbonyl (C=O) groups is 2. The van der Waals surface area contributed by atoms with E-state index in [4.69, 9.17) is 15.2 Å². The van der Waals surface area contributed by atoms with Crippen LogP contribution < -0.4 is 11.4 Å². The SMILES string of the molecule is Cn1c(=O)n(C2CCC(=O)CC2=O)c2ccc(CCCOCCOCCN)cc21. The van der Waals surface area contributed by atoms with Crippen LogP contribution in [0.2, 0.25) is 0 Å². The maximum Gasteiger partial charge on any atom is 0.329 e. The van der Waals surface area contributed by atoms with Gasteiger partial charge >= 0.3 is 5.69 Å². The van der Waals surface area contributed by atoms with E-state index in [1.807, 2.05) is 18.2 Å². The second-order valence-corrected chi connectivity index (χ2v) is 7.39. The highest BCUT2D eigenvalue weighted by Crippen LogP contribution is 2.26. The van der Waals surface area contributed by atoms with Crippen LogP contribution >= 0.6 is 0 Å². The lowest BCUT2D eigenvalue weighted by molar-refractivity contribution is -0.132. The van der Waals surface area contributed by atoms with E-state index in [9.17, 15) is 14.4 Å². The lowest BCUT2D eigenvalue weighted by Gasteiger charge is -2.21. The van der Waals surface area contributed by atoms with Gasteiger partial charge in [-0.05, 0) is 37.0 Å². The van der Waals surface area contributed by atoms with Crippen molar-refractivity contribution in [1.82, 2.24) is 9.13 Å². The molecule has 0 aliphatic heterocycles. The average molecular weight is 403 g/mol. The van der Waals surface area contributed by atoms with Gasteiger partial charge in [0.05, 0.1) is 43.3 Å². The van der Waals surface area contributed by atoms with Crippen molar-refractivity contribution in [3.8, 4) is 0 Å². The van der Waals surface area contributed by atoms with Gasteiger partial charge in [-0.2, -0.15) is 0 Å². The number of nitrogens with two attached hydrogens (primary N) is 1. The molecule has 1 saturated carbocycles. The molecular formula is C21H29N3O5. The second-order valence-electron chi connectivity index (χ2n) is 7.39. The maximum atomic E-state index is 12.8. The number of hydrogen-bond acceptors (Lipinski definition) is 6. The lowest BCUT2D eigenvalue weighted by Crippen LogP contribution is -2.34. The van der Waals surface area contributed by atoms with Gasteiger partial charge < -0.3 is 15.2 Å². The maximum absolute atomic E-state index is 12.8. The number of hydrogen-bond donors (Lipinski definition) is 1. The van der Waals surface area contributed by atoms with Crippen molar-refractivity contribution >= 4 is 22.6 Å². The van der Waals surface area contributed by atoms with E-state index < -0.39 is 6.04 Å². The molecule has 1 aliphatic rings. The molecule has 1 atom stereocenters. The van der Waals surface area contributed by atoms with E-state index in [1.54, 1.807) is 16.2 Å². The van der Waals surface area contributed by atoms with Gasteiger partial charge in [-0.15, -0.1) is 0 Å². The predicted molar refractivity (Wildman–Crippen MR) is 109 cm³/mol. The van der Waals surface area contributed by atoms with E-state index >= 15 is 0 Å². The van der Waals surface area contributed by atoms with Crippen LogP contribution in [0.1, 0.15) is 37.3 Å². The second kappa shape index (κ2) is 9.96. The Kier molecular flexibility index (Phi) is 7.35. The molecule has 1 aromatic heterocycles. The number of Topliss-reactive ketones (excluding diaryl/α,β-unsaturated/α-hetero) is 2. The molecule has 1 aromatic carbocycles. The summed E-state index contributed by atoms with van der Waals surface area (Å²) >= 11 is 0. The van der Waals surface area contributed by atoms with Crippen molar-refractivity contribution in [3.05, 3.63) is 34.2 Å². The van der Waals surface area contributed by atoms with Crippen LogP contribution in [-0.4, -0.2) is 53.7 Å². The van der Waals surface area contributed by atoms with E-state index in [0.717, 1.165) is 29.4 Å². The van der Waals surface area contributed by atoms with Crippen LogP contribution in [0, 0.1) is 0 Å². The van der Waals surface area contributed by atoms with Crippen molar-refractivity contribution in [2.75, 3.05) is 33.0 Å². The van der Waals surface area contributed by atoms with Crippen molar-refractivity contribution in [1.29, 1.82) is 0 Å². The molecule has 158 valence electrons. The Hall–Kier alpha value is -2.29. The number of benzene rings is 1. The molecule has 29 heavy (non-hydrogen) atoms. The Morgan fingerprint density at radius 3 is 2.55 bits per heavy atom. The fourth-order valence-electron chi connectivity index (χ4n) is 3.78. The van der Waals surface area contributed by atoms with E-state index in [1.165, 1.54) is 0 Å². The van der Waals surface area contributed by atoms with Gasteiger partial charge in [0, 0.05) is 26.6 Å². The van der Waals surface area contributed by atoms with Crippen LogP contribution in [-0.2, 0) is 32.5 Å². The smallest absolute Gasteiger partial charge is 0.329 e. The highest BCUT2D eigenvalue weighted by atomic mass is 16.5. The number of fused-ring (bicyclic) bond motifs is 1. The van der Waals surface area contributed by atoms with E-state index in [-0.39, 0.29) is 23.7 Å². The highest BCUT2D eigenvalue weighted by Gasteiger charge is 2.31. The molecule has 2 N–H and O–H groups in total. The number of nitrogens with zero attached hydrogens (tertiary/aromatic N) is 2. The molecule has 2 aromatic rings. The van der Waals surface area contributed by atoms with Gasteiger partial charge in [0.15, 0.2) is 5.78 Å². The van der Waals surface area contributed by atoms with Gasteiger partial charge in [0.1, 0.15) is 5.78 Å². The van der Waals surface area contributed by atoms with Crippen LogP contribution in [0.25, 0.3) is 11.0 Å². The number of ketones is 2. The summed E-state index contributed by atoms with van der Waals surface area (Å²) in [7, 11) is 1.72. The Labute approximate surface area is 169 Å². The fourth-order valence-corrected chi connectivity index (χ4v) is 3.78. The van der Waals surface area contributed by atoms with Crippen molar-refractivity contribution in [3.63, 3.8) is 0 Å². The van der Waals surface area contributed by atoms with Crippen LogP contribution in [0.15, 0.2) is 23.0 Å². The third kappa shape index (κ3) is 5.01. The summed E-state index contributed by atoms with van der Waals surface area (Å²) in [5.41, 5.74) is 7.78. The largest absolute Gasteiger partial charge is 0.379 e. The first-order valence-electron chi connectivity index (χ1n) is 10.1. The quantitative estimate of drug-likeness (QED) is 0.471. The topological polar surface area (TPSA) is 106 Å². The molecule has 0 spiro atoms. The number of carbonyl (C=O) groups excluding carboxylic acids is 2. The Bertz CT molecular complexity index is 930. The molecule has 1 heterocycles. The summed E-state index contributed by atoms with van der Waals surface area (Å²) in [4.78, 5) is 36.7. The molecule has 0 saturated heterocycles. The minimum Gasteiger partial charge on any atom is -0.379 e. The van der Waals surface area contributed by atoms with Gasteiger partial charge in [-0.25, -0.2) is 4.79 Å². The summed E-state index contributed by atoms with van der Waals surface area (Å²) in [6, 6.07) is 5.33.